The maximum Gasteiger partial charge on any atom is 0.329 e. The second-order valence-corrected chi connectivity index (χ2v) is 7.29. The van der Waals surface area contributed by atoms with Crippen LogP contribution in [0.4, 0.5) is 5.69 Å². The van der Waals surface area contributed by atoms with E-state index in [4.69, 9.17) is 0 Å². The Morgan fingerprint density at radius 2 is 1.84 bits per heavy atom. The Morgan fingerprint density at radius 3 is 2.44 bits per heavy atom. The van der Waals surface area contributed by atoms with Crippen LogP contribution in [0.2, 0.25) is 0 Å². The molecule has 6 heteroatoms. The lowest BCUT2D eigenvalue weighted by Crippen LogP contribution is -2.55. The van der Waals surface area contributed by atoms with E-state index in [0.717, 1.165) is 25.7 Å². The highest BCUT2D eigenvalue weighted by Crippen LogP contribution is 2.38. The predicted octanol–water partition coefficient (Wildman–Crippen LogP) is 2.80. The highest BCUT2D eigenvalue weighted by Gasteiger charge is 2.41. The van der Waals surface area contributed by atoms with E-state index >= 15 is 0 Å². The van der Waals surface area contributed by atoms with Gasteiger partial charge in [-0.15, -0.1) is 0 Å². The van der Waals surface area contributed by atoms with Gasteiger partial charge in [0.05, 0.1) is 0 Å². The summed E-state index contributed by atoms with van der Waals surface area (Å²) >= 11 is 0. The molecule has 2 atom stereocenters. The van der Waals surface area contributed by atoms with Crippen LogP contribution in [0.5, 0.6) is 0 Å². The van der Waals surface area contributed by atoms with Crippen LogP contribution in [0.25, 0.3) is 0 Å². The van der Waals surface area contributed by atoms with Crippen molar-refractivity contribution >= 4 is 23.5 Å². The Labute approximate surface area is 147 Å². The van der Waals surface area contributed by atoms with E-state index in [-0.39, 0.29) is 11.8 Å². The minimum atomic E-state index is -1.18. The largest absolute Gasteiger partial charge is 0.480 e. The van der Waals surface area contributed by atoms with Crippen LogP contribution in [0.3, 0.4) is 0 Å². The zero-order chi connectivity index (χ0) is 18.0. The van der Waals surface area contributed by atoms with Gasteiger partial charge < -0.3 is 15.7 Å². The molecule has 25 heavy (non-hydrogen) atoms. The molecule has 0 unspecified atom stereocenters. The van der Waals surface area contributed by atoms with Gasteiger partial charge in [0, 0.05) is 17.2 Å². The molecule has 0 heterocycles. The lowest BCUT2D eigenvalue weighted by atomic mass is 9.81. The zero-order valence-corrected chi connectivity index (χ0v) is 14.4. The van der Waals surface area contributed by atoms with Crippen molar-refractivity contribution in [3.8, 4) is 0 Å². The average molecular weight is 344 g/mol. The normalized spacial score (nSPS) is 24.2. The number of anilines is 1. The SMILES string of the molecule is C[C@@H]1C[C@H]1C(=O)Nc1cccc(C(=O)NC2(C(=O)O)CCCCC2)c1. The number of benzene rings is 1. The van der Waals surface area contributed by atoms with Crippen molar-refractivity contribution in [1.82, 2.24) is 5.32 Å². The summed E-state index contributed by atoms with van der Waals surface area (Å²) in [6.45, 7) is 2.03. The van der Waals surface area contributed by atoms with E-state index in [9.17, 15) is 19.5 Å². The average Bonchev–Trinajstić information content (AvgIpc) is 3.33. The maximum absolute atomic E-state index is 12.6. The molecule has 2 amide bonds. The van der Waals surface area contributed by atoms with Gasteiger partial charge in [-0.25, -0.2) is 4.79 Å². The zero-order valence-electron chi connectivity index (χ0n) is 14.4. The number of aliphatic carboxylic acids is 1. The van der Waals surface area contributed by atoms with Gasteiger partial charge in [0.25, 0.3) is 5.91 Å². The van der Waals surface area contributed by atoms with Gasteiger partial charge in [-0.05, 0) is 43.4 Å². The van der Waals surface area contributed by atoms with E-state index < -0.39 is 17.4 Å². The van der Waals surface area contributed by atoms with Crippen LogP contribution in [0.1, 0.15) is 55.8 Å². The molecule has 0 aliphatic heterocycles. The second-order valence-electron chi connectivity index (χ2n) is 7.29. The lowest BCUT2D eigenvalue weighted by Gasteiger charge is -2.34. The summed E-state index contributed by atoms with van der Waals surface area (Å²) in [7, 11) is 0. The van der Waals surface area contributed by atoms with E-state index in [0.29, 0.717) is 30.0 Å². The molecule has 2 aliphatic rings. The fourth-order valence-electron chi connectivity index (χ4n) is 3.50. The summed E-state index contributed by atoms with van der Waals surface area (Å²) < 4.78 is 0. The number of carboxylic acid groups (broad SMARTS) is 1. The monoisotopic (exact) mass is 344 g/mol. The second kappa shape index (κ2) is 6.86. The number of hydrogen-bond acceptors (Lipinski definition) is 3. The van der Waals surface area contributed by atoms with Gasteiger partial charge in [-0.2, -0.15) is 0 Å². The Balaban J connectivity index is 1.70. The molecule has 2 saturated carbocycles. The van der Waals surface area contributed by atoms with Gasteiger partial charge in [0.1, 0.15) is 5.54 Å². The van der Waals surface area contributed by atoms with Crippen molar-refractivity contribution in [3.63, 3.8) is 0 Å². The molecular formula is C19H24N2O4. The van der Waals surface area contributed by atoms with E-state index in [1.807, 2.05) is 6.92 Å². The number of nitrogens with one attached hydrogen (secondary N) is 2. The Kier molecular flexibility index (Phi) is 4.79. The van der Waals surface area contributed by atoms with Crippen molar-refractivity contribution in [2.24, 2.45) is 11.8 Å². The van der Waals surface area contributed by atoms with E-state index in [2.05, 4.69) is 10.6 Å². The van der Waals surface area contributed by atoms with Crippen molar-refractivity contribution in [2.75, 3.05) is 5.32 Å². The number of rotatable bonds is 5. The predicted molar refractivity (Wildman–Crippen MR) is 93.3 cm³/mol. The minimum Gasteiger partial charge on any atom is -0.480 e. The first-order valence-corrected chi connectivity index (χ1v) is 8.88. The number of carbonyl (C=O) groups is 3. The van der Waals surface area contributed by atoms with Crippen molar-refractivity contribution in [3.05, 3.63) is 29.8 Å². The van der Waals surface area contributed by atoms with Crippen LogP contribution in [-0.2, 0) is 9.59 Å². The standard InChI is InChI=1S/C19H24N2O4/c1-12-10-15(12)17(23)20-14-7-5-6-13(11-14)16(22)21-19(18(24)25)8-3-2-4-9-19/h5-7,11-12,15H,2-4,8-10H2,1H3,(H,20,23)(H,21,22)(H,24,25)/t12-,15-/m1/s1. The minimum absolute atomic E-state index is 0.0284. The number of carbonyl (C=O) groups excluding carboxylic acids is 2. The molecule has 3 N–H and O–H groups in total. The molecule has 2 fully saturated rings. The molecule has 3 rings (SSSR count). The molecule has 1 aromatic rings. The van der Waals surface area contributed by atoms with Crippen LogP contribution < -0.4 is 10.6 Å². The molecule has 134 valence electrons. The summed E-state index contributed by atoms with van der Waals surface area (Å²) in [6.07, 6.45) is 4.37. The van der Waals surface area contributed by atoms with E-state index in [1.54, 1.807) is 24.3 Å². The van der Waals surface area contributed by atoms with Crippen LogP contribution in [-0.4, -0.2) is 28.4 Å². The van der Waals surface area contributed by atoms with Crippen molar-refractivity contribution in [1.29, 1.82) is 0 Å². The first-order chi connectivity index (χ1) is 11.9. The molecule has 2 aliphatic carbocycles. The highest BCUT2D eigenvalue weighted by atomic mass is 16.4. The molecule has 0 aromatic heterocycles. The Bertz CT molecular complexity index is 694. The quantitative estimate of drug-likeness (QED) is 0.765. The van der Waals surface area contributed by atoms with Crippen molar-refractivity contribution in [2.45, 2.75) is 51.0 Å². The smallest absolute Gasteiger partial charge is 0.329 e. The van der Waals surface area contributed by atoms with Gasteiger partial charge in [-0.1, -0.05) is 32.3 Å². The number of hydrogen-bond donors (Lipinski definition) is 3. The van der Waals surface area contributed by atoms with Crippen LogP contribution in [0.15, 0.2) is 24.3 Å². The van der Waals surface area contributed by atoms with Gasteiger partial charge in [0.15, 0.2) is 0 Å². The summed E-state index contributed by atoms with van der Waals surface area (Å²) in [6, 6.07) is 6.65. The molecule has 0 bridgehead atoms. The highest BCUT2D eigenvalue weighted by molar-refractivity contribution is 6.00. The van der Waals surface area contributed by atoms with Gasteiger partial charge >= 0.3 is 5.97 Å². The first-order valence-electron chi connectivity index (χ1n) is 8.88. The molecule has 0 saturated heterocycles. The van der Waals surface area contributed by atoms with Gasteiger partial charge in [-0.3, -0.25) is 9.59 Å². The van der Waals surface area contributed by atoms with Crippen molar-refractivity contribution < 1.29 is 19.5 Å². The molecule has 1 aromatic carbocycles. The maximum atomic E-state index is 12.6. The summed E-state index contributed by atoms with van der Waals surface area (Å²) in [5.41, 5.74) is -0.268. The fraction of sp³-hybridized carbons (Fsp3) is 0.526. The van der Waals surface area contributed by atoms with Crippen LogP contribution >= 0.6 is 0 Å². The number of amides is 2. The molecule has 0 spiro atoms. The molecule has 6 nitrogen and oxygen atoms in total. The third kappa shape index (κ3) is 3.83. The Morgan fingerprint density at radius 1 is 1.16 bits per heavy atom. The van der Waals surface area contributed by atoms with Gasteiger partial charge in [0.2, 0.25) is 5.91 Å². The topological polar surface area (TPSA) is 95.5 Å². The lowest BCUT2D eigenvalue weighted by molar-refractivity contribution is -0.145. The first kappa shape index (κ1) is 17.5. The fourth-order valence-corrected chi connectivity index (χ4v) is 3.50. The Hall–Kier alpha value is -2.37. The third-order valence-corrected chi connectivity index (χ3v) is 5.31. The third-order valence-electron chi connectivity index (χ3n) is 5.31. The summed E-state index contributed by atoms with van der Waals surface area (Å²) in [4.78, 5) is 36.3. The van der Waals surface area contributed by atoms with E-state index in [1.165, 1.54) is 0 Å². The molecule has 0 radical (unpaired) electrons. The number of carboxylic acids is 1. The summed E-state index contributed by atoms with van der Waals surface area (Å²) in [5, 5.41) is 15.1. The van der Waals surface area contributed by atoms with Crippen LogP contribution in [0, 0.1) is 11.8 Å². The summed E-state index contributed by atoms with van der Waals surface area (Å²) in [5.74, 6) is -0.963. The molecular weight excluding hydrogens is 320 g/mol.